The van der Waals surface area contributed by atoms with Crippen LogP contribution in [0.5, 0.6) is 0 Å². The number of anilines is 2. The van der Waals surface area contributed by atoms with Crippen LogP contribution < -0.4 is 21.8 Å². The van der Waals surface area contributed by atoms with Crippen molar-refractivity contribution in [1.82, 2.24) is 19.4 Å². The smallest absolute Gasteiger partial charge is 0.258 e. The van der Waals surface area contributed by atoms with Crippen molar-refractivity contribution in [2.24, 2.45) is 0 Å². The number of fused-ring (bicyclic) bond motifs is 6. The second kappa shape index (κ2) is 12.5. The molecule has 0 radical (unpaired) electrons. The first kappa shape index (κ1) is 28.9. The van der Waals surface area contributed by atoms with Crippen molar-refractivity contribution in [3.8, 4) is 0 Å². The number of hydrogen-bond donors (Lipinski definition) is 3. The van der Waals surface area contributed by atoms with Crippen molar-refractivity contribution in [1.29, 1.82) is 0 Å². The summed E-state index contributed by atoms with van der Waals surface area (Å²) in [5, 5.41) is 9.02. The van der Waals surface area contributed by atoms with Crippen LogP contribution in [-0.4, -0.2) is 67.7 Å². The zero-order chi connectivity index (χ0) is 29.1. The van der Waals surface area contributed by atoms with Crippen molar-refractivity contribution in [3.63, 3.8) is 0 Å². The predicted octanol–water partition coefficient (Wildman–Crippen LogP) is 3.97. The predicted molar refractivity (Wildman–Crippen MR) is 168 cm³/mol. The van der Waals surface area contributed by atoms with Gasteiger partial charge in [-0.15, -0.1) is 0 Å². The fraction of sp³-hybridized carbons (Fsp3) is 0.438. The Bertz CT molecular complexity index is 1670. The molecule has 0 aliphatic carbocycles. The van der Waals surface area contributed by atoms with Crippen LogP contribution in [0.3, 0.4) is 0 Å². The maximum atomic E-state index is 12.8. The molecule has 0 amide bonds. The zero-order valence-electron chi connectivity index (χ0n) is 24.9. The van der Waals surface area contributed by atoms with Crippen molar-refractivity contribution in [2.45, 2.75) is 45.5 Å². The lowest BCUT2D eigenvalue weighted by Crippen LogP contribution is -2.29. The summed E-state index contributed by atoms with van der Waals surface area (Å²) < 4.78 is 7.01. The third kappa shape index (κ3) is 6.17. The van der Waals surface area contributed by atoms with Gasteiger partial charge in [-0.05, 0) is 77.1 Å². The van der Waals surface area contributed by atoms with Gasteiger partial charge in [-0.1, -0.05) is 24.3 Å². The first-order valence-electron chi connectivity index (χ1n) is 14.4. The molecule has 0 bridgehead atoms. The van der Waals surface area contributed by atoms with Gasteiger partial charge in [0, 0.05) is 55.2 Å². The van der Waals surface area contributed by atoms with Crippen molar-refractivity contribution >= 4 is 33.2 Å². The fourth-order valence-electron chi connectivity index (χ4n) is 5.96. The van der Waals surface area contributed by atoms with Gasteiger partial charge in [0.1, 0.15) is 6.73 Å². The lowest BCUT2D eigenvalue weighted by Gasteiger charge is -2.23. The number of nitrogens with one attached hydrogen (secondary N) is 3. The van der Waals surface area contributed by atoms with Gasteiger partial charge in [0.05, 0.1) is 22.4 Å². The van der Waals surface area contributed by atoms with Crippen molar-refractivity contribution in [2.75, 3.05) is 59.0 Å². The van der Waals surface area contributed by atoms with Gasteiger partial charge in [0.25, 0.3) is 11.1 Å². The Balaban J connectivity index is 0.000000166. The summed E-state index contributed by atoms with van der Waals surface area (Å²) in [6, 6.07) is 12.7. The van der Waals surface area contributed by atoms with Gasteiger partial charge < -0.3 is 30.2 Å². The molecule has 0 saturated carbocycles. The van der Waals surface area contributed by atoms with Gasteiger partial charge in [0.2, 0.25) is 0 Å². The van der Waals surface area contributed by atoms with E-state index in [1.54, 1.807) is 11.7 Å². The topological polar surface area (TPSA) is 94.6 Å². The highest BCUT2D eigenvalue weighted by Crippen LogP contribution is 2.30. The minimum atomic E-state index is 0.0525. The van der Waals surface area contributed by atoms with Crippen molar-refractivity contribution < 1.29 is 4.74 Å². The van der Waals surface area contributed by atoms with Gasteiger partial charge in [0.15, 0.2) is 0 Å². The quantitative estimate of drug-likeness (QED) is 0.330. The Labute approximate surface area is 241 Å². The molecule has 4 aromatic rings. The molecule has 0 spiro atoms. The molecule has 9 nitrogen and oxygen atoms in total. The number of ether oxygens (including phenoxy) is 1. The van der Waals surface area contributed by atoms with Gasteiger partial charge in [-0.3, -0.25) is 14.2 Å². The number of aromatic nitrogens is 2. The second-order valence-electron chi connectivity index (χ2n) is 11.6. The average Bonchev–Trinajstić information content (AvgIpc) is 2.95. The number of H-pyrrole nitrogens is 1. The van der Waals surface area contributed by atoms with E-state index in [1.165, 1.54) is 11.1 Å². The highest BCUT2D eigenvalue weighted by molar-refractivity contribution is 5.94. The molecule has 2 aliphatic heterocycles. The number of rotatable bonds is 6. The normalized spacial score (nSPS) is 14.3. The van der Waals surface area contributed by atoms with Crippen LogP contribution in [0.1, 0.15) is 35.1 Å². The van der Waals surface area contributed by atoms with E-state index in [0.29, 0.717) is 0 Å². The second-order valence-corrected chi connectivity index (χ2v) is 11.6. The van der Waals surface area contributed by atoms with E-state index >= 15 is 0 Å². The summed E-state index contributed by atoms with van der Waals surface area (Å²) in [5.74, 6) is 0. The van der Waals surface area contributed by atoms with E-state index in [9.17, 15) is 9.59 Å². The number of nitrogens with zero attached hydrogens (tertiary/aromatic N) is 3. The van der Waals surface area contributed by atoms with E-state index in [1.807, 2.05) is 28.2 Å². The fourth-order valence-corrected chi connectivity index (χ4v) is 5.96. The molecule has 3 N–H and O–H groups in total. The van der Waals surface area contributed by atoms with Crippen LogP contribution in [0.4, 0.5) is 11.4 Å². The zero-order valence-corrected chi connectivity index (χ0v) is 24.9. The van der Waals surface area contributed by atoms with Crippen molar-refractivity contribution in [3.05, 3.63) is 79.4 Å². The number of aromatic amines is 1. The first-order valence-corrected chi connectivity index (χ1v) is 14.4. The van der Waals surface area contributed by atoms with E-state index in [0.717, 1.165) is 96.2 Å². The lowest BCUT2D eigenvalue weighted by molar-refractivity contribution is 0.131. The molecule has 0 fully saturated rings. The molecule has 9 heteroatoms. The molecular formula is C32H42N6O3. The largest absolute Gasteiger partial charge is 0.384 e. The number of pyridine rings is 2. The van der Waals surface area contributed by atoms with E-state index in [4.69, 9.17) is 4.74 Å². The van der Waals surface area contributed by atoms with E-state index in [-0.39, 0.29) is 17.8 Å². The summed E-state index contributed by atoms with van der Waals surface area (Å²) >= 11 is 0. The maximum Gasteiger partial charge on any atom is 0.258 e. The SMILES string of the molecule is CN(C)Cc1ccc2c3c(c(=O)[nH]c2c1)CCCN3.COCn1c(=O)c2c(c3ccc(CN(C)C)cc31)NCCC2. The Morgan fingerprint density at radius 2 is 1.39 bits per heavy atom. The number of hydrogen-bond acceptors (Lipinski definition) is 7. The summed E-state index contributed by atoms with van der Waals surface area (Å²) in [6.07, 6.45) is 3.73. The third-order valence-corrected chi connectivity index (χ3v) is 7.67. The third-order valence-electron chi connectivity index (χ3n) is 7.67. The highest BCUT2D eigenvalue weighted by Gasteiger charge is 2.20. The molecule has 41 heavy (non-hydrogen) atoms. The molecule has 2 aromatic carbocycles. The number of benzene rings is 2. The Kier molecular flexibility index (Phi) is 8.77. The van der Waals surface area contributed by atoms with E-state index in [2.05, 4.69) is 61.8 Å². The standard InChI is InChI=1S/C17H23N3O2.C15H19N3O/c1-19(2)10-12-6-7-13-15(9-12)20(11-22-3)17(21)14-5-4-8-18-16(13)14;1-18(2)9-10-5-6-11-13(8-10)17-15(19)12-4-3-7-16-14(11)12/h6-7,9,18H,4-5,8,10-11H2,1-3H3;5-6,8,16H,3-4,7,9H2,1-2H3,(H,17,19). The molecule has 4 heterocycles. The van der Waals surface area contributed by atoms with Gasteiger partial charge in [-0.2, -0.15) is 0 Å². The van der Waals surface area contributed by atoms with Gasteiger partial charge >= 0.3 is 0 Å². The van der Waals surface area contributed by atoms with Crippen LogP contribution >= 0.6 is 0 Å². The van der Waals surface area contributed by atoms with Crippen LogP contribution in [0.25, 0.3) is 21.8 Å². The average molecular weight is 559 g/mol. The Hall–Kier alpha value is -3.66. The minimum absolute atomic E-state index is 0.0525. The maximum absolute atomic E-state index is 12.8. The van der Waals surface area contributed by atoms with E-state index < -0.39 is 0 Å². The number of methoxy groups -OCH3 is 1. The Morgan fingerprint density at radius 1 is 0.805 bits per heavy atom. The molecule has 0 atom stereocenters. The monoisotopic (exact) mass is 558 g/mol. The highest BCUT2D eigenvalue weighted by atomic mass is 16.5. The molecule has 0 unspecified atom stereocenters. The van der Waals surface area contributed by atoms with Gasteiger partial charge in [-0.25, -0.2) is 0 Å². The summed E-state index contributed by atoms with van der Waals surface area (Å²) in [6.45, 7) is 3.89. The molecule has 2 aliphatic rings. The minimum Gasteiger partial charge on any atom is -0.384 e. The van der Waals surface area contributed by atoms with Crippen LogP contribution in [0.15, 0.2) is 46.0 Å². The van der Waals surface area contributed by atoms with Crippen LogP contribution in [-0.2, 0) is 37.4 Å². The lowest BCUT2D eigenvalue weighted by atomic mass is 10.00. The molecular weight excluding hydrogens is 516 g/mol. The summed E-state index contributed by atoms with van der Waals surface area (Å²) in [7, 11) is 9.80. The molecule has 0 saturated heterocycles. The summed E-state index contributed by atoms with van der Waals surface area (Å²) in [4.78, 5) is 32.1. The van der Waals surface area contributed by atoms with Crippen LogP contribution in [0.2, 0.25) is 0 Å². The summed E-state index contributed by atoms with van der Waals surface area (Å²) in [5.41, 5.74) is 8.22. The van der Waals surface area contributed by atoms with Crippen LogP contribution in [0, 0.1) is 0 Å². The molecule has 2 aromatic heterocycles. The molecule has 6 rings (SSSR count). The molecule has 218 valence electrons. The Morgan fingerprint density at radius 3 is 2.02 bits per heavy atom. The first-order chi connectivity index (χ1) is 19.8.